The van der Waals surface area contributed by atoms with Crippen LogP contribution in [0.4, 0.5) is 0 Å². The highest BCUT2D eigenvalue weighted by Gasteiger charge is 1.99. The van der Waals surface area contributed by atoms with E-state index in [2.05, 4.69) is 6.07 Å². The molecule has 4 heteroatoms. The molecular formula is C16H14ClNO2. The van der Waals surface area contributed by atoms with Crippen molar-refractivity contribution in [2.45, 2.75) is 6.92 Å². The van der Waals surface area contributed by atoms with Crippen molar-refractivity contribution in [3.8, 4) is 17.6 Å². The molecule has 0 atom stereocenters. The van der Waals surface area contributed by atoms with Crippen LogP contribution in [0, 0.1) is 18.3 Å². The monoisotopic (exact) mass is 287 g/mol. The molecule has 20 heavy (non-hydrogen) atoms. The largest absolute Gasteiger partial charge is 0.490 e. The van der Waals surface area contributed by atoms with Gasteiger partial charge in [-0.25, -0.2) is 0 Å². The van der Waals surface area contributed by atoms with E-state index in [1.165, 1.54) is 0 Å². The predicted octanol–water partition coefficient (Wildman–Crippen LogP) is 3.98. The van der Waals surface area contributed by atoms with Gasteiger partial charge in [0.1, 0.15) is 24.7 Å². The molecule has 0 fully saturated rings. The van der Waals surface area contributed by atoms with Crippen molar-refractivity contribution in [2.75, 3.05) is 13.2 Å². The second-order valence-electron chi connectivity index (χ2n) is 4.24. The van der Waals surface area contributed by atoms with Gasteiger partial charge in [-0.1, -0.05) is 11.6 Å². The normalized spacial score (nSPS) is 9.85. The Bertz CT molecular complexity index is 617. The first-order chi connectivity index (χ1) is 9.69. The minimum absolute atomic E-state index is 0.438. The molecule has 2 rings (SSSR count). The fourth-order valence-corrected chi connectivity index (χ4v) is 1.77. The van der Waals surface area contributed by atoms with Crippen LogP contribution >= 0.6 is 11.6 Å². The van der Waals surface area contributed by atoms with Gasteiger partial charge in [0.25, 0.3) is 0 Å². The first-order valence-corrected chi connectivity index (χ1v) is 6.59. The maximum absolute atomic E-state index is 8.69. The number of aryl methyl sites for hydroxylation is 1. The van der Waals surface area contributed by atoms with Gasteiger partial charge in [-0.15, -0.1) is 0 Å². The molecule has 0 bridgehead atoms. The zero-order valence-electron chi connectivity index (χ0n) is 11.1. The molecule has 0 spiro atoms. The molecule has 0 unspecified atom stereocenters. The smallest absolute Gasteiger partial charge is 0.122 e. The zero-order chi connectivity index (χ0) is 14.4. The molecule has 0 aromatic heterocycles. The Morgan fingerprint density at radius 1 is 1.00 bits per heavy atom. The van der Waals surface area contributed by atoms with E-state index in [-0.39, 0.29) is 0 Å². The molecule has 0 saturated carbocycles. The van der Waals surface area contributed by atoms with Crippen LogP contribution < -0.4 is 9.47 Å². The summed E-state index contributed by atoms with van der Waals surface area (Å²) in [5.41, 5.74) is 1.60. The van der Waals surface area contributed by atoms with Crippen LogP contribution in [0.5, 0.6) is 11.5 Å². The van der Waals surface area contributed by atoms with Crippen LogP contribution in [0.3, 0.4) is 0 Å². The predicted molar refractivity (Wildman–Crippen MR) is 78.3 cm³/mol. The second kappa shape index (κ2) is 6.83. The third kappa shape index (κ3) is 3.91. The Kier molecular flexibility index (Phi) is 4.86. The number of benzene rings is 2. The van der Waals surface area contributed by atoms with Gasteiger partial charge in [-0.2, -0.15) is 5.26 Å². The van der Waals surface area contributed by atoms with E-state index in [1.807, 2.05) is 25.1 Å². The van der Waals surface area contributed by atoms with Crippen molar-refractivity contribution in [2.24, 2.45) is 0 Å². The summed E-state index contributed by atoms with van der Waals surface area (Å²) in [7, 11) is 0. The quantitative estimate of drug-likeness (QED) is 0.781. The van der Waals surface area contributed by atoms with Gasteiger partial charge in [0.15, 0.2) is 0 Å². The van der Waals surface area contributed by atoms with Crippen molar-refractivity contribution in [3.63, 3.8) is 0 Å². The van der Waals surface area contributed by atoms with Crippen LogP contribution in [-0.4, -0.2) is 13.2 Å². The van der Waals surface area contributed by atoms with E-state index in [9.17, 15) is 0 Å². The fourth-order valence-electron chi connectivity index (χ4n) is 1.65. The molecule has 0 radical (unpaired) electrons. The second-order valence-corrected chi connectivity index (χ2v) is 4.65. The summed E-state index contributed by atoms with van der Waals surface area (Å²) in [6.07, 6.45) is 0. The number of nitriles is 1. The van der Waals surface area contributed by atoms with Crippen LogP contribution in [0.1, 0.15) is 11.1 Å². The number of ether oxygens (including phenoxy) is 2. The molecule has 2 aromatic carbocycles. The van der Waals surface area contributed by atoms with E-state index < -0.39 is 0 Å². The number of hydrogen-bond donors (Lipinski definition) is 0. The van der Waals surface area contributed by atoms with Crippen molar-refractivity contribution < 1.29 is 9.47 Å². The van der Waals surface area contributed by atoms with E-state index in [0.717, 1.165) is 22.1 Å². The van der Waals surface area contributed by atoms with Gasteiger partial charge in [0, 0.05) is 5.02 Å². The fraction of sp³-hybridized carbons (Fsp3) is 0.188. The van der Waals surface area contributed by atoms with Crippen molar-refractivity contribution >= 4 is 11.6 Å². The first-order valence-electron chi connectivity index (χ1n) is 6.21. The first kappa shape index (κ1) is 14.2. The van der Waals surface area contributed by atoms with Crippen LogP contribution in [0.15, 0.2) is 42.5 Å². The Morgan fingerprint density at radius 2 is 1.60 bits per heavy atom. The highest BCUT2D eigenvalue weighted by molar-refractivity contribution is 6.31. The minimum Gasteiger partial charge on any atom is -0.490 e. The Labute approximate surface area is 123 Å². The van der Waals surface area contributed by atoms with Crippen LogP contribution in [-0.2, 0) is 0 Å². The maximum Gasteiger partial charge on any atom is 0.122 e. The van der Waals surface area contributed by atoms with Gasteiger partial charge in [0.05, 0.1) is 11.6 Å². The minimum atomic E-state index is 0.438. The van der Waals surface area contributed by atoms with Crippen molar-refractivity contribution in [3.05, 3.63) is 58.6 Å². The lowest BCUT2D eigenvalue weighted by Crippen LogP contribution is -2.09. The molecule has 3 nitrogen and oxygen atoms in total. The number of hydrogen-bond acceptors (Lipinski definition) is 3. The third-order valence-electron chi connectivity index (χ3n) is 2.73. The summed E-state index contributed by atoms with van der Waals surface area (Å²) in [5, 5.41) is 9.42. The maximum atomic E-state index is 8.69. The number of rotatable bonds is 5. The highest BCUT2D eigenvalue weighted by atomic mass is 35.5. The molecule has 2 aromatic rings. The van der Waals surface area contributed by atoms with E-state index >= 15 is 0 Å². The standard InChI is InChI=1S/C16H14ClNO2/c1-12-10-15(6-7-16(12)17)20-9-8-19-14-4-2-13(11-18)3-5-14/h2-7,10H,8-9H2,1H3. The average Bonchev–Trinajstić information content (AvgIpc) is 2.48. The van der Waals surface area contributed by atoms with Gasteiger partial charge >= 0.3 is 0 Å². The summed E-state index contributed by atoms with van der Waals surface area (Å²) in [4.78, 5) is 0. The van der Waals surface area contributed by atoms with Gasteiger partial charge in [0.2, 0.25) is 0 Å². The third-order valence-corrected chi connectivity index (χ3v) is 3.16. The van der Waals surface area contributed by atoms with Gasteiger partial charge < -0.3 is 9.47 Å². The summed E-state index contributed by atoms with van der Waals surface area (Å²) < 4.78 is 11.1. The number of nitrogens with zero attached hydrogens (tertiary/aromatic N) is 1. The average molecular weight is 288 g/mol. The molecule has 0 aliphatic carbocycles. The Balaban J connectivity index is 1.78. The molecule has 0 amide bonds. The topological polar surface area (TPSA) is 42.2 Å². The lowest BCUT2D eigenvalue weighted by molar-refractivity contribution is 0.217. The molecular weight excluding hydrogens is 274 g/mol. The zero-order valence-corrected chi connectivity index (χ0v) is 11.9. The summed E-state index contributed by atoms with van der Waals surface area (Å²) in [6.45, 7) is 2.82. The van der Waals surface area contributed by atoms with E-state index in [0.29, 0.717) is 18.8 Å². The van der Waals surface area contributed by atoms with Gasteiger partial charge in [-0.05, 0) is 55.0 Å². The lowest BCUT2D eigenvalue weighted by atomic mass is 10.2. The molecule has 0 aliphatic heterocycles. The lowest BCUT2D eigenvalue weighted by Gasteiger charge is -2.09. The SMILES string of the molecule is Cc1cc(OCCOc2ccc(C#N)cc2)ccc1Cl. The molecule has 102 valence electrons. The van der Waals surface area contributed by atoms with E-state index in [4.69, 9.17) is 26.3 Å². The van der Waals surface area contributed by atoms with Crippen molar-refractivity contribution in [1.82, 2.24) is 0 Å². The van der Waals surface area contributed by atoms with E-state index in [1.54, 1.807) is 24.3 Å². The molecule has 0 aliphatic rings. The van der Waals surface area contributed by atoms with Crippen LogP contribution in [0.25, 0.3) is 0 Å². The van der Waals surface area contributed by atoms with Crippen molar-refractivity contribution in [1.29, 1.82) is 5.26 Å². The Hall–Kier alpha value is -2.18. The number of halogens is 1. The van der Waals surface area contributed by atoms with Crippen LogP contribution in [0.2, 0.25) is 5.02 Å². The molecule has 0 heterocycles. The highest BCUT2D eigenvalue weighted by Crippen LogP contribution is 2.21. The molecule has 0 N–H and O–H groups in total. The Morgan fingerprint density at radius 3 is 2.20 bits per heavy atom. The summed E-state index contributed by atoms with van der Waals surface area (Å²) in [6, 6.07) is 14.6. The molecule has 0 saturated heterocycles. The summed E-state index contributed by atoms with van der Waals surface area (Å²) in [5.74, 6) is 1.50. The summed E-state index contributed by atoms with van der Waals surface area (Å²) >= 11 is 5.94. The van der Waals surface area contributed by atoms with Gasteiger partial charge in [-0.3, -0.25) is 0 Å².